The fraction of sp³-hybridized carbons (Fsp3) is 0.314. The Morgan fingerprint density at radius 1 is 0.738 bits per heavy atom. The molecule has 0 heterocycles. The number of hydrogen-bond acceptors (Lipinski definition) is 11. The average molecular weight is 887 g/mol. The van der Waals surface area contributed by atoms with Crippen LogP contribution >= 0.6 is 0 Å². The van der Waals surface area contributed by atoms with Crippen LogP contribution < -0.4 is 25.6 Å². The van der Waals surface area contributed by atoms with Crippen molar-refractivity contribution in [3.05, 3.63) is 143 Å². The molecule has 342 valence electrons. The van der Waals surface area contributed by atoms with Crippen LogP contribution in [0.4, 0.5) is 32.3 Å². The number of esters is 1. The van der Waals surface area contributed by atoms with Gasteiger partial charge in [0.25, 0.3) is 5.91 Å². The molecule has 1 aliphatic rings. The third-order valence-corrected chi connectivity index (χ3v) is 9.63. The zero-order chi connectivity index (χ0) is 47.5. The number of anilines is 4. The molecule has 0 saturated heterocycles. The molecule has 65 heavy (non-hydrogen) atoms. The summed E-state index contributed by atoms with van der Waals surface area (Å²) in [7, 11) is 2.84. The Kier molecular flexibility index (Phi) is 16.0. The largest absolute Gasteiger partial charge is 0.484 e. The SMILES string of the molecule is COC(=O)C(CC1=CCC=C(OCC(=O)Nc2ccc(Oc3cc(C)c(NC(=O)OC(C)(C)C)c(C)c3)cc2N(C)C(=O)OC(C)(C)C)C=C1)Nc1ccccc1C(=O)c1ccccc1. The van der Waals surface area contributed by atoms with Gasteiger partial charge in [-0.25, -0.2) is 14.4 Å². The van der Waals surface area contributed by atoms with Gasteiger partial charge < -0.3 is 34.3 Å². The summed E-state index contributed by atoms with van der Waals surface area (Å²) in [6.45, 7) is 13.9. The van der Waals surface area contributed by atoms with Gasteiger partial charge in [0.2, 0.25) is 0 Å². The zero-order valence-electron chi connectivity index (χ0n) is 38.6. The number of carbonyl (C=O) groups is 5. The predicted octanol–water partition coefficient (Wildman–Crippen LogP) is 10.8. The highest BCUT2D eigenvalue weighted by atomic mass is 16.6. The second-order valence-electron chi connectivity index (χ2n) is 17.3. The van der Waals surface area contributed by atoms with Gasteiger partial charge >= 0.3 is 18.2 Å². The van der Waals surface area contributed by atoms with E-state index in [9.17, 15) is 24.0 Å². The molecule has 0 saturated carbocycles. The molecular formula is C51H58N4O10. The zero-order valence-corrected chi connectivity index (χ0v) is 38.6. The van der Waals surface area contributed by atoms with Crippen molar-refractivity contribution in [3.8, 4) is 11.5 Å². The van der Waals surface area contributed by atoms with Gasteiger partial charge in [-0.05, 0) is 127 Å². The Morgan fingerprint density at radius 3 is 2.06 bits per heavy atom. The normalized spacial score (nSPS) is 12.9. The minimum Gasteiger partial charge on any atom is -0.484 e. The standard InChI is InChI=1S/C51H58N4O10/c1-32-27-38(28-33(2)45(32)54-48(59)64-50(3,4)5)63-37-25-26-41(43(30-37)55(9)49(60)65-51(6,7)8)53-44(56)31-62-36-20-16-17-34(23-24-36)29-42(47(58)61-10)52-40-22-15-14-21-39(40)46(57)35-18-12-11-13-19-35/h11-15,17-28,30,42,52H,16,29,31H2,1-10H3,(H,53,56)(H,54,59). The van der Waals surface area contributed by atoms with Gasteiger partial charge in [0.1, 0.15) is 34.5 Å². The lowest BCUT2D eigenvalue weighted by Crippen LogP contribution is -2.34. The van der Waals surface area contributed by atoms with E-state index in [2.05, 4.69) is 16.0 Å². The van der Waals surface area contributed by atoms with Crippen LogP contribution in [0.25, 0.3) is 0 Å². The number of allylic oxidation sites excluding steroid dienone is 4. The molecule has 4 aromatic carbocycles. The van der Waals surface area contributed by atoms with E-state index in [1.807, 2.05) is 32.1 Å². The van der Waals surface area contributed by atoms with Crippen LogP contribution in [0, 0.1) is 13.8 Å². The molecule has 1 unspecified atom stereocenters. The highest BCUT2D eigenvalue weighted by molar-refractivity contribution is 6.12. The van der Waals surface area contributed by atoms with Crippen molar-refractivity contribution in [1.82, 2.24) is 0 Å². The van der Waals surface area contributed by atoms with Gasteiger partial charge in [-0.15, -0.1) is 0 Å². The molecule has 1 aliphatic carbocycles. The van der Waals surface area contributed by atoms with E-state index in [1.165, 1.54) is 19.1 Å². The van der Waals surface area contributed by atoms with Crippen LogP contribution in [0.3, 0.4) is 0 Å². The molecule has 4 aromatic rings. The quantitative estimate of drug-likeness (QED) is 0.0589. The van der Waals surface area contributed by atoms with E-state index in [4.69, 9.17) is 23.7 Å². The minimum absolute atomic E-state index is 0.182. The Bertz CT molecular complexity index is 2470. The third kappa shape index (κ3) is 14.3. The Hall–Kier alpha value is -7.35. The maximum absolute atomic E-state index is 13.4. The highest BCUT2D eigenvalue weighted by Gasteiger charge is 2.26. The summed E-state index contributed by atoms with van der Waals surface area (Å²) in [5.41, 5.74) is 3.46. The number of benzene rings is 4. The van der Waals surface area contributed by atoms with E-state index in [0.29, 0.717) is 57.6 Å². The third-order valence-electron chi connectivity index (χ3n) is 9.63. The fourth-order valence-corrected chi connectivity index (χ4v) is 6.66. The van der Waals surface area contributed by atoms with E-state index in [0.717, 1.165) is 16.7 Å². The van der Waals surface area contributed by atoms with E-state index >= 15 is 0 Å². The smallest absolute Gasteiger partial charge is 0.414 e. The first-order valence-electron chi connectivity index (χ1n) is 21.1. The lowest BCUT2D eigenvalue weighted by molar-refractivity contribution is -0.141. The molecule has 0 aliphatic heterocycles. The predicted molar refractivity (Wildman–Crippen MR) is 252 cm³/mol. The maximum Gasteiger partial charge on any atom is 0.414 e. The molecule has 14 nitrogen and oxygen atoms in total. The topological polar surface area (TPSA) is 171 Å². The first kappa shape index (κ1) is 48.7. The summed E-state index contributed by atoms with van der Waals surface area (Å²) in [5, 5.41) is 8.88. The van der Waals surface area contributed by atoms with Gasteiger partial charge in [-0.2, -0.15) is 0 Å². The van der Waals surface area contributed by atoms with Crippen molar-refractivity contribution in [2.45, 2.75) is 85.5 Å². The Labute approximate surface area is 380 Å². The van der Waals surface area contributed by atoms with Gasteiger partial charge in [-0.3, -0.25) is 19.8 Å². The molecule has 3 amide bonds. The van der Waals surface area contributed by atoms with Crippen molar-refractivity contribution in [2.75, 3.05) is 41.6 Å². The van der Waals surface area contributed by atoms with Crippen LogP contribution in [0.15, 0.2) is 121 Å². The molecule has 5 rings (SSSR count). The van der Waals surface area contributed by atoms with Crippen molar-refractivity contribution < 1.29 is 47.7 Å². The number of para-hydroxylation sites is 1. The van der Waals surface area contributed by atoms with Gasteiger partial charge in [0, 0.05) is 36.3 Å². The highest BCUT2D eigenvalue weighted by Crippen LogP contribution is 2.35. The second-order valence-corrected chi connectivity index (χ2v) is 17.3. The van der Waals surface area contributed by atoms with E-state index < -0.39 is 41.3 Å². The number of ether oxygens (including phenoxy) is 5. The molecule has 0 aromatic heterocycles. The Morgan fingerprint density at radius 2 is 1.40 bits per heavy atom. The summed E-state index contributed by atoms with van der Waals surface area (Å²) in [5.74, 6) is 0.0892. The number of methoxy groups -OCH3 is 1. The fourth-order valence-electron chi connectivity index (χ4n) is 6.66. The summed E-state index contributed by atoms with van der Waals surface area (Å²) in [6, 6.07) is 23.5. The van der Waals surface area contributed by atoms with E-state index in [-0.39, 0.29) is 18.8 Å². The first-order chi connectivity index (χ1) is 30.7. The lowest BCUT2D eigenvalue weighted by Gasteiger charge is -2.26. The molecule has 0 spiro atoms. The monoisotopic (exact) mass is 886 g/mol. The van der Waals surface area contributed by atoms with Crippen molar-refractivity contribution in [2.24, 2.45) is 0 Å². The van der Waals surface area contributed by atoms with Crippen molar-refractivity contribution >= 4 is 52.6 Å². The molecule has 1 atom stereocenters. The number of hydrogen-bond donors (Lipinski definition) is 3. The molecule has 0 fully saturated rings. The van der Waals surface area contributed by atoms with Gasteiger partial charge in [0.05, 0.1) is 24.2 Å². The first-order valence-corrected chi connectivity index (χ1v) is 21.1. The van der Waals surface area contributed by atoms with Crippen LogP contribution in [0.1, 0.15) is 81.4 Å². The van der Waals surface area contributed by atoms with E-state index in [1.54, 1.807) is 133 Å². The maximum atomic E-state index is 13.4. The molecular weight excluding hydrogens is 829 g/mol. The number of rotatable bonds is 15. The number of carbonyl (C=O) groups excluding carboxylic acids is 5. The summed E-state index contributed by atoms with van der Waals surface area (Å²) < 4.78 is 28.3. The lowest BCUT2D eigenvalue weighted by atomic mass is 10.00. The number of ketones is 1. The van der Waals surface area contributed by atoms with Gasteiger partial charge in [0.15, 0.2) is 12.4 Å². The summed E-state index contributed by atoms with van der Waals surface area (Å²) in [4.78, 5) is 66.9. The minimum atomic E-state index is -0.819. The van der Waals surface area contributed by atoms with Crippen LogP contribution in [-0.2, 0) is 28.5 Å². The molecule has 0 bridgehead atoms. The molecule has 14 heteroatoms. The van der Waals surface area contributed by atoms with Crippen LogP contribution in [-0.4, -0.2) is 67.9 Å². The number of nitrogens with one attached hydrogen (secondary N) is 3. The molecule has 3 N–H and O–H groups in total. The van der Waals surface area contributed by atoms with Crippen molar-refractivity contribution in [3.63, 3.8) is 0 Å². The number of nitrogens with zero attached hydrogens (tertiary/aromatic N) is 1. The van der Waals surface area contributed by atoms with Crippen LogP contribution in [0.2, 0.25) is 0 Å². The average Bonchev–Trinajstić information content (AvgIpc) is 3.47. The van der Waals surface area contributed by atoms with Crippen LogP contribution in [0.5, 0.6) is 11.5 Å². The summed E-state index contributed by atoms with van der Waals surface area (Å²) >= 11 is 0. The Balaban J connectivity index is 1.26. The van der Waals surface area contributed by atoms with Crippen molar-refractivity contribution in [1.29, 1.82) is 0 Å². The number of aryl methyl sites for hydroxylation is 2. The summed E-state index contributed by atoms with van der Waals surface area (Å²) in [6.07, 6.45) is 6.72. The molecule has 0 radical (unpaired) electrons. The second kappa shape index (κ2) is 21.3. The number of amides is 3. The van der Waals surface area contributed by atoms with Gasteiger partial charge in [-0.1, -0.05) is 54.6 Å².